The average molecular weight is 285 g/mol. The predicted octanol–water partition coefficient (Wildman–Crippen LogP) is 0.273. The monoisotopic (exact) mass is 285 g/mol. The molecule has 6 heteroatoms. The molecule has 116 valence electrons. The van der Waals surface area contributed by atoms with Crippen molar-refractivity contribution in [3.05, 3.63) is 0 Å². The lowest BCUT2D eigenvalue weighted by Gasteiger charge is -2.38. The molecule has 2 unspecified atom stereocenters. The minimum atomic E-state index is -0.760. The van der Waals surface area contributed by atoms with Gasteiger partial charge in [0, 0.05) is 44.6 Å². The van der Waals surface area contributed by atoms with Crippen LogP contribution in [0.2, 0.25) is 0 Å². The fourth-order valence-corrected chi connectivity index (χ4v) is 2.68. The van der Waals surface area contributed by atoms with Crippen molar-refractivity contribution in [3.63, 3.8) is 0 Å². The smallest absolute Gasteiger partial charge is 0.303 e. The summed E-state index contributed by atoms with van der Waals surface area (Å²) in [5.74, 6) is -0.425. The summed E-state index contributed by atoms with van der Waals surface area (Å²) in [6, 6.07) is 0.101. The summed E-state index contributed by atoms with van der Waals surface area (Å²) in [6.07, 6.45) is 1.70. The van der Waals surface area contributed by atoms with Crippen molar-refractivity contribution in [1.29, 1.82) is 0 Å². The molecule has 1 rings (SSSR count). The Morgan fingerprint density at radius 3 is 2.65 bits per heavy atom. The third kappa shape index (κ3) is 5.88. The molecule has 1 aliphatic rings. The van der Waals surface area contributed by atoms with E-state index in [0.29, 0.717) is 18.9 Å². The normalized spacial score (nSPS) is 23.8. The Labute approximate surface area is 120 Å². The van der Waals surface area contributed by atoms with Crippen molar-refractivity contribution in [1.82, 2.24) is 10.2 Å². The number of carboxylic acids is 1. The Bertz CT molecular complexity index is 334. The number of carboxylic acid groups (broad SMARTS) is 1. The van der Waals surface area contributed by atoms with Crippen molar-refractivity contribution in [2.45, 2.75) is 39.2 Å². The topological polar surface area (TPSA) is 95.7 Å². The van der Waals surface area contributed by atoms with Gasteiger partial charge in [0.1, 0.15) is 0 Å². The highest BCUT2D eigenvalue weighted by Gasteiger charge is 2.28. The van der Waals surface area contributed by atoms with Gasteiger partial charge < -0.3 is 16.2 Å². The molecule has 20 heavy (non-hydrogen) atoms. The lowest BCUT2D eigenvalue weighted by molar-refractivity contribution is -0.137. The van der Waals surface area contributed by atoms with Crippen LogP contribution in [-0.4, -0.2) is 54.1 Å². The molecule has 1 amide bonds. The van der Waals surface area contributed by atoms with Crippen LogP contribution in [0.1, 0.15) is 33.1 Å². The highest BCUT2D eigenvalue weighted by Crippen LogP contribution is 2.21. The van der Waals surface area contributed by atoms with Crippen LogP contribution in [0, 0.1) is 11.8 Å². The fourth-order valence-electron chi connectivity index (χ4n) is 2.68. The summed E-state index contributed by atoms with van der Waals surface area (Å²) in [5, 5.41) is 11.8. The van der Waals surface area contributed by atoms with Crippen LogP contribution in [0.25, 0.3) is 0 Å². The number of hydrogen-bond donors (Lipinski definition) is 3. The van der Waals surface area contributed by atoms with Gasteiger partial charge in [-0.05, 0) is 18.8 Å². The van der Waals surface area contributed by atoms with Gasteiger partial charge in [-0.15, -0.1) is 0 Å². The molecule has 4 N–H and O–H groups in total. The third-order valence-corrected chi connectivity index (χ3v) is 3.70. The number of nitrogens with two attached hydrogens (primary N) is 1. The largest absolute Gasteiger partial charge is 0.481 e. The van der Waals surface area contributed by atoms with E-state index in [1.165, 1.54) is 0 Å². The Morgan fingerprint density at radius 2 is 2.10 bits per heavy atom. The molecule has 0 radical (unpaired) electrons. The van der Waals surface area contributed by atoms with Gasteiger partial charge in [-0.3, -0.25) is 14.5 Å². The van der Waals surface area contributed by atoms with Crippen LogP contribution in [0.4, 0.5) is 0 Å². The van der Waals surface area contributed by atoms with Crippen molar-refractivity contribution in [2.24, 2.45) is 17.6 Å². The second-order valence-corrected chi connectivity index (χ2v) is 5.94. The highest BCUT2D eigenvalue weighted by molar-refractivity contribution is 5.78. The van der Waals surface area contributed by atoms with Gasteiger partial charge in [0.25, 0.3) is 0 Å². The molecule has 0 bridgehead atoms. The van der Waals surface area contributed by atoms with Gasteiger partial charge in [-0.2, -0.15) is 0 Å². The number of nitrogens with one attached hydrogen (secondary N) is 1. The average Bonchev–Trinajstić information content (AvgIpc) is 2.36. The maximum Gasteiger partial charge on any atom is 0.303 e. The molecule has 1 aliphatic heterocycles. The molecule has 1 saturated heterocycles. The molecule has 6 nitrogen and oxygen atoms in total. The molecule has 1 heterocycles. The Morgan fingerprint density at radius 1 is 1.40 bits per heavy atom. The third-order valence-electron chi connectivity index (χ3n) is 3.70. The van der Waals surface area contributed by atoms with Gasteiger partial charge in [0.15, 0.2) is 0 Å². The summed E-state index contributed by atoms with van der Waals surface area (Å²) in [5.41, 5.74) is 5.60. The summed E-state index contributed by atoms with van der Waals surface area (Å²) in [7, 11) is 0. The van der Waals surface area contributed by atoms with E-state index in [2.05, 4.69) is 10.2 Å². The number of piperidine rings is 1. The first-order valence-electron chi connectivity index (χ1n) is 7.37. The molecule has 2 atom stereocenters. The number of nitrogens with zero attached hydrogens (tertiary/aromatic N) is 1. The molecule has 0 aliphatic carbocycles. The number of amides is 1. The fraction of sp³-hybridized carbons (Fsp3) is 0.857. The Balaban J connectivity index is 2.55. The molecular weight excluding hydrogens is 258 g/mol. The van der Waals surface area contributed by atoms with E-state index in [9.17, 15) is 9.59 Å². The van der Waals surface area contributed by atoms with Crippen molar-refractivity contribution in [2.75, 3.05) is 26.2 Å². The second-order valence-electron chi connectivity index (χ2n) is 5.94. The minimum absolute atomic E-state index is 0.0302. The van der Waals surface area contributed by atoms with Crippen LogP contribution in [-0.2, 0) is 9.59 Å². The zero-order chi connectivity index (χ0) is 15.1. The Kier molecular flexibility index (Phi) is 6.95. The SMILES string of the molecule is CC(C)C(=O)NC1CC(CCC(=O)O)CN(CCN)C1. The van der Waals surface area contributed by atoms with E-state index in [1.807, 2.05) is 13.8 Å². The number of hydrogen-bond acceptors (Lipinski definition) is 4. The summed E-state index contributed by atoms with van der Waals surface area (Å²) in [4.78, 5) is 24.7. The van der Waals surface area contributed by atoms with E-state index >= 15 is 0 Å². The molecular formula is C14H27N3O3. The van der Waals surface area contributed by atoms with Gasteiger partial charge >= 0.3 is 5.97 Å². The van der Waals surface area contributed by atoms with Crippen molar-refractivity contribution in [3.8, 4) is 0 Å². The first-order valence-corrected chi connectivity index (χ1v) is 7.37. The first-order chi connectivity index (χ1) is 9.42. The number of likely N-dealkylation sites (tertiary alicyclic amines) is 1. The van der Waals surface area contributed by atoms with Crippen molar-refractivity contribution < 1.29 is 14.7 Å². The summed E-state index contributed by atoms with van der Waals surface area (Å²) < 4.78 is 0. The molecule has 0 aromatic carbocycles. The molecule has 0 aromatic rings. The highest BCUT2D eigenvalue weighted by atomic mass is 16.4. The number of carbonyl (C=O) groups is 2. The maximum absolute atomic E-state index is 11.8. The van der Waals surface area contributed by atoms with E-state index < -0.39 is 5.97 Å². The van der Waals surface area contributed by atoms with Crippen LogP contribution < -0.4 is 11.1 Å². The van der Waals surface area contributed by atoms with Gasteiger partial charge in [-0.25, -0.2) is 0 Å². The predicted molar refractivity (Wildman–Crippen MR) is 77.2 cm³/mol. The van der Waals surface area contributed by atoms with E-state index in [4.69, 9.17) is 10.8 Å². The first kappa shape index (κ1) is 16.9. The van der Waals surface area contributed by atoms with E-state index in [-0.39, 0.29) is 24.3 Å². The minimum Gasteiger partial charge on any atom is -0.481 e. The van der Waals surface area contributed by atoms with Gasteiger partial charge in [0.2, 0.25) is 5.91 Å². The zero-order valence-electron chi connectivity index (χ0n) is 12.5. The van der Waals surface area contributed by atoms with Gasteiger partial charge in [0.05, 0.1) is 0 Å². The second kappa shape index (κ2) is 8.21. The number of rotatable bonds is 7. The Hall–Kier alpha value is -1.14. The molecule has 0 aromatic heterocycles. The van der Waals surface area contributed by atoms with Crippen LogP contribution in [0.3, 0.4) is 0 Å². The van der Waals surface area contributed by atoms with E-state index in [0.717, 1.165) is 26.1 Å². The standard InChI is InChI=1S/C14H27N3O3/c1-10(2)14(20)16-12-7-11(3-4-13(18)19)8-17(9-12)6-5-15/h10-12H,3-9,15H2,1-2H3,(H,16,20)(H,18,19). The zero-order valence-corrected chi connectivity index (χ0v) is 12.5. The molecule has 1 fully saturated rings. The van der Waals surface area contributed by atoms with Gasteiger partial charge in [-0.1, -0.05) is 13.8 Å². The summed E-state index contributed by atoms with van der Waals surface area (Å²) >= 11 is 0. The van der Waals surface area contributed by atoms with Crippen LogP contribution in [0.15, 0.2) is 0 Å². The number of aliphatic carboxylic acids is 1. The van der Waals surface area contributed by atoms with Crippen LogP contribution >= 0.6 is 0 Å². The lowest BCUT2D eigenvalue weighted by Crippen LogP contribution is -2.52. The number of carbonyl (C=O) groups excluding carboxylic acids is 1. The maximum atomic E-state index is 11.8. The molecule has 0 spiro atoms. The van der Waals surface area contributed by atoms with Crippen LogP contribution in [0.5, 0.6) is 0 Å². The van der Waals surface area contributed by atoms with Crippen molar-refractivity contribution >= 4 is 11.9 Å². The summed E-state index contributed by atoms with van der Waals surface area (Å²) in [6.45, 7) is 6.79. The van der Waals surface area contributed by atoms with E-state index in [1.54, 1.807) is 0 Å². The lowest BCUT2D eigenvalue weighted by atomic mass is 9.90. The quantitative estimate of drug-likeness (QED) is 0.624. The molecule has 0 saturated carbocycles.